The van der Waals surface area contributed by atoms with E-state index in [-0.39, 0.29) is 18.1 Å². The van der Waals surface area contributed by atoms with E-state index in [9.17, 15) is 9.59 Å². The lowest BCUT2D eigenvalue weighted by Crippen LogP contribution is -2.44. The number of allylic oxidation sites excluding steroid dienone is 2. The zero-order chi connectivity index (χ0) is 27.9. The molecule has 5 heterocycles. The summed E-state index contributed by atoms with van der Waals surface area (Å²) < 4.78 is 9.18. The lowest BCUT2D eigenvalue weighted by atomic mass is 10.1. The summed E-state index contributed by atoms with van der Waals surface area (Å²) in [6, 6.07) is 13.9. The molecule has 7 rings (SSSR count). The van der Waals surface area contributed by atoms with Gasteiger partial charge >= 0.3 is 0 Å². The lowest BCUT2D eigenvalue weighted by molar-refractivity contribution is -0.121. The molecule has 2 aromatic carbocycles. The number of nitrogens with one attached hydrogen (secondary N) is 1. The van der Waals surface area contributed by atoms with Crippen LogP contribution in [0.3, 0.4) is 0 Å². The Morgan fingerprint density at radius 2 is 1.73 bits per heavy atom. The molecule has 1 saturated heterocycles. The largest absolute Gasteiger partial charge is 0.482 e. The molecule has 3 aliphatic heterocycles. The van der Waals surface area contributed by atoms with Crippen LogP contribution in [0.4, 0.5) is 23.0 Å². The van der Waals surface area contributed by atoms with Crippen LogP contribution < -0.4 is 25.4 Å². The van der Waals surface area contributed by atoms with E-state index in [1.54, 1.807) is 15.8 Å². The van der Waals surface area contributed by atoms with Gasteiger partial charge in [0.2, 0.25) is 5.95 Å². The molecular formula is C30H32N8O3. The van der Waals surface area contributed by atoms with Crippen molar-refractivity contribution in [3.05, 3.63) is 71.2 Å². The Balaban J connectivity index is 1.26. The number of piperazine rings is 1. The fourth-order valence-corrected chi connectivity index (χ4v) is 5.69. The van der Waals surface area contributed by atoms with Crippen molar-refractivity contribution in [2.24, 2.45) is 0 Å². The van der Waals surface area contributed by atoms with Gasteiger partial charge in [-0.25, -0.2) is 14.3 Å². The molecule has 1 amide bonds. The second kappa shape index (κ2) is 10.4. The Morgan fingerprint density at radius 1 is 0.927 bits per heavy atom. The highest BCUT2D eigenvalue weighted by atomic mass is 16.5. The zero-order valence-electron chi connectivity index (χ0n) is 23.0. The molecule has 210 valence electrons. The minimum atomic E-state index is -0.174. The smallest absolute Gasteiger partial charge is 0.278 e. The molecule has 11 nitrogen and oxygen atoms in total. The Bertz CT molecular complexity index is 1700. The van der Waals surface area contributed by atoms with Gasteiger partial charge in [-0.15, -0.1) is 0 Å². The molecule has 4 aromatic rings. The van der Waals surface area contributed by atoms with Gasteiger partial charge in [-0.1, -0.05) is 12.2 Å². The van der Waals surface area contributed by atoms with E-state index in [4.69, 9.17) is 9.72 Å². The van der Waals surface area contributed by atoms with Gasteiger partial charge in [0, 0.05) is 50.3 Å². The van der Waals surface area contributed by atoms with Crippen LogP contribution in [0.25, 0.3) is 16.7 Å². The SMILES string of the molecule is CN1CCN(c2ccc(Nc3ncc4c(=O)n5n(c4n3)-c3ccc4c(c3)N(CCCC=CC5)C(=O)CO4)cc2)CC1. The van der Waals surface area contributed by atoms with Crippen molar-refractivity contribution in [1.82, 2.24) is 24.2 Å². The fourth-order valence-electron chi connectivity index (χ4n) is 5.69. The minimum absolute atomic E-state index is 0.0257. The standard InChI is InChI=1S/C30H32N8O3/c1-34-14-16-35(17-15-34)22-8-6-21(7-9-22)32-30-31-19-24-28(33-30)38-23-10-11-26-25(18-23)36(27(39)20-41-26)12-4-2-3-5-13-37(38)29(24)40/h3,5-11,18-19H,2,4,12-17,20H2,1H3,(H,31,32,33). The summed E-state index contributed by atoms with van der Waals surface area (Å²) >= 11 is 0. The van der Waals surface area contributed by atoms with Crippen LogP contribution >= 0.6 is 0 Å². The number of carbonyl (C=O) groups is 1. The van der Waals surface area contributed by atoms with Gasteiger partial charge in [0.1, 0.15) is 11.1 Å². The third kappa shape index (κ3) is 4.71. The number of benzene rings is 2. The first-order valence-electron chi connectivity index (χ1n) is 14.1. The Labute approximate surface area is 237 Å². The lowest BCUT2D eigenvalue weighted by Gasteiger charge is -2.34. The monoisotopic (exact) mass is 552 g/mol. The van der Waals surface area contributed by atoms with Crippen molar-refractivity contribution in [2.45, 2.75) is 19.4 Å². The van der Waals surface area contributed by atoms with Crippen LogP contribution in [0.15, 0.2) is 65.6 Å². The van der Waals surface area contributed by atoms with Crippen LogP contribution in [-0.2, 0) is 11.3 Å². The molecule has 0 aliphatic carbocycles. The summed E-state index contributed by atoms with van der Waals surface area (Å²) in [4.78, 5) is 42.0. The average Bonchev–Trinajstić information content (AvgIpc) is 3.26. The number of amides is 1. The summed E-state index contributed by atoms with van der Waals surface area (Å²) in [5.74, 6) is 0.978. The van der Waals surface area contributed by atoms with Gasteiger partial charge in [-0.2, -0.15) is 4.98 Å². The van der Waals surface area contributed by atoms with Crippen molar-refractivity contribution < 1.29 is 9.53 Å². The summed E-state index contributed by atoms with van der Waals surface area (Å²) in [5, 5.41) is 3.73. The van der Waals surface area contributed by atoms with E-state index in [2.05, 4.69) is 45.4 Å². The molecule has 11 heteroatoms. The third-order valence-electron chi connectivity index (χ3n) is 8.00. The minimum Gasteiger partial charge on any atom is -0.482 e. The molecule has 0 atom stereocenters. The van der Waals surface area contributed by atoms with Crippen molar-refractivity contribution in [1.29, 1.82) is 0 Å². The number of hydrogen-bond donors (Lipinski definition) is 1. The van der Waals surface area contributed by atoms with Gasteiger partial charge in [-0.05, 0) is 62.4 Å². The number of nitrogens with zero attached hydrogens (tertiary/aromatic N) is 7. The van der Waals surface area contributed by atoms with E-state index in [0.717, 1.165) is 44.7 Å². The Hall–Kier alpha value is -4.64. The average molecular weight is 553 g/mol. The van der Waals surface area contributed by atoms with E-state index >= 15 is 0 Å². The second-order valence-electron chi connectivity index (χ2n) is 10.7. The third-order valence-corrected chi connectivity index (χ3v) is 8.00. The number of ether oxygens (including phenoxy) is 1. The maximum atomic E-state index is 13.5. The first-order valence-corrected chi connectivity index (χ1v) is 14.1. The highest BCUT2D eigenvalue weighted by molar-refractivity contribution is 5.98. The van der Waals surface area contributed by atoms with Crippen molar-refractivity contribution in [3.8, 4) is 11.4 Å². The summed E-state index contributed by atoms with van der Waals surface area (Å²) in [6.45, 7) is 5.14. The molecule has 0 unspecified atom stereocenters. The van der Waals surface area contributed by atoms with E-state index in [1.165, 1.54) is 5.69 Å². The van der Waals surface area contributed by atoms with Crippen LogP contribution in [0.2, 0.25) is 0 Å². The van der Waals surface area contributed by atoms with Crippen LogP contribution in [0, 0.1) is 0 Å². The molecule has 0 radical (unpaired) electrons. The van der Waals surface area contributed by atoms with Gasteiger partial charge in [0.25, 0.3) is 11.5 Å². The molecule has 2 bridgehead atoms. The molecule has 0 spiro atoms. The molecular weight excluding hydrogens is 520 g/mol. The number of aromatic nitrogens is 4. The van der Waals surface area contributed by atoms with E-state index in [0.29, 0.717) is 47.2 Å². The van der Waals surface area contributed by atoms with E-state index in [1.807, 2.05) is 41.1 Å². The predicted octanol–water partition coefficient (Wildman–Crippen LogP) is 3.15. The normalized spacial score (nSPS) is 17.5. The van der Waals surface area contributed by atoms with Gasteiger partial charge < -0.3 is 24.8 Å². The highest BCUT2D eigenvalue weighted by Gasteiger charge is 2.27. The van der Waals surface area contributed by atoms with Gasteiger partial charge in [-0.3, -0.25) is 9.59 Å². The summed E-state index contributed by atoms with van der Waals surface area (Å²) in [5.41, 5.74) is 3.79. The van der Waals surface area contributed by atoms with Crippen LogP contribution in [-0.4, -0.2) is 76.5 Å². The molecule has 2 aromatic heterocycles. The quantitative estimate of drug-likeness (QED) is 0.387. The predicted molar refractivity (Wildman–Crippen MR) is 159 cm³/mol. The maximum absolute atomic E-state index is 13.5. The van der Waals surface area contributed by atoms with Crippen molar-refractivity contribution >= 4 is 40.0 Å². The molecule has 0 saturated carbocycles. The number of hydrogen-bond acceptors (Lipinski definition) is 8. The van der Waals surface area contributed by atoms with Gasteiger partial charge in [0.05, 0.1) is 17.9 Å². The zero-order valence-corrected chi connectivity index (χ0v) is 23.0. The topological polar surface area (TPSA) is 101 Å². The van der Waals surface area contributed by atoms with Gasteiger partial charge in [0.15, 0.2) is 12.3 Å². The Kier molecular flexibility index (Phi) is 6.43. The number of fused-ring (bicyclic) bond motifs is 5. The molecule has 3 aliphatic rings. The molecule has 1 N–H and O–H groups in total. The number of likely N-dealkylation sites (N-methyl/N-ethyl adjacent to an activating group) is 1. The maximum Gasteiger partial charge on any atom is 0.278 e. The first-order chi connectivity index (χ1) is 20.0. The number of carbonyl (C=O) groups excluding carboxylic acids is 1. The van der Waals surface area contributed by atoms with Crippen LogP contribution in [0.5, 0.6) is 5.75 Å². The van der Waals surface area contributed by atoms with Crippen molar-refractivity contribution in [3.63, 3.8) is 0 Å². The highest BCUT2D eigenvalue weighted by Crippen LogP contribution is 2.35. The summed E-state index contributed by atoms with van der Waals surface area (Å²) in [6.07, 6.45) is 7.25. The second-order valence-corrected chi connectivity index (χ2v) is 10.7. The molecule has 1 fully saturated rings. The van der Waals surface area contributed by atoms with Crippen LogP contribution in [0.1, 0.15) is 12.8 Å². The Morgan fingerprint density at radius 3 is 2.56 bits per heavy atom. The number of rotatable bonds is 3. The fraction of sp³-hybridized carbons (Fsp3) is 0.333. The van der Waals surface area contributed by atoms with Crippen molar-refractivity contribution in [2.75, 3.05) is 61.5 Å². The number of anilines is 4. The first kappa shape index (κ1) is 25.3. The van der Waals surface area contributed by atoms with E-state index < -0.39 is 0 Å². The molecule has 41 heavy (non-hydrogen) atoms. The summed E-state index contributed by atoms with van der Waals surface area (Å²) in [7, 11) is 2.15.